The molecule has 0 N–H and O–H groups in total. The lowest BCUT2D eigenvalue weighted by molar-refractivity contribution is -0.187. The second-order valence-electron chi connectivity index (χ2n) is 9.94. The highest BCUT2D eigenvalue weighted by molar-refractivity contribution is 5.91. The molecule has 0 amide bonds. The molecule has 0 radical (unpaired) electrons. The monoisotopic (exact) mass is 372 g/mol. The maximum atomic E-state index is 12.7. The zero-order valence-electron chi connectivity index (χ0n) is 17.1. The SMILES string of the molecule is CC(=O)O[C@]1(C(C)=O)CC[C@@H]2[C@@H]3CCC4=CC(=O)CC[C@]4(C)[C@@H]3CC[C@]21C. The molecule has 0 heterocycles. The van der Waals surface area contributed by atoms with Crippen molar-refractivity contribution in [1.29, 1.82) is 0 Å². The molecule has 27 heavy (non-hydrogen) atoms. The van der Waals surface area contributed by atoms with Crippen molar-refractivity contribution in [3.05, 3.63) is 11.6 Å². The molecule has 4 rings (SSSR count). The van der Waals surface area contributed by atoms with E-state index in [2.05, 4.69) is 13.8 Å². The molecular weight excluding hydrogens is 340 g/mol. The minimum Gasteiger partial charge on any atom is -0.451 e. The number of ether oxygens (including phenoxy) is 1. The van der Waals surface area contributed by atoms with Gasteiger partial charge < -0.3 is 4.74 Å². The summed E-state index contributed by atoms with van der Waals surface area (Å²) < 4.78 is 5.81. The molecule has 3 fully saturated rings. The van der Waals surface area contributed by atoms with E-state index in [4.69, 9.17) is 4.74 Å². The molecule has 0 saturated heterocycles. The first-order chi connectivity index (χ1) is 12.6. The van der Waals surface area contributed by atoms with Crippen LogP contribution in [0.25, 0.3) is 0 Å². The minimum atomic E-state index is -0.950. The van der Waals surface area contributed by atoms with Crippen LogP contribution in [0.15, 0.2) is 11.6 Å². The van der Waals surface area contributed by atoms with Crippen molar-refractivity contribution in [2.75, 3.05) is 0 Å². The first-order valence-electron chi connectivity index (χ1n) is 10.6. The van der Waals surface area contributed by atoms with Gasteiger partial charge in [-0.15, -0.1) is 0 Å². The predicted molar refractivity (Wildman–Crippen MR) is 102 cm³/mol. The molecule has 0 aromatic heterocycles. The van der Waals surface area contributed by atoms with Crippen molar-refractivity contribution in [2.24, 2.45) is 28.6 Å². The number of fused-ring (bicyclic) bond motifs is 5. The van der Waals surface area contributed by atoms with Gasteiger partial charge in [0.05, 0.1) is 0 Å². The summed E-state index contributed by atoms with van der Waals surface area (Å²) in [4.78, 5) is 36.5. The third kappa shape index (κ3) is 2.44. The van der Waals surface area contributed by atoms with Gasteiger partial charge >= 0.3 is 5.97 Å². The maximum Gasteiger partial charge on any atom is 0.303 e. The zero-order chi connectivity index (χ0) is 19.6. The zero-order valence-corrected chi connectivity index (χ0v) is 17.1. The van der Waals surface area contributed by atoms with Crippen molar-refractivity contribution in [2.45, 2.75) is 84.7 Å². The van der Waals surface area contributed by atoms with Gasteiger partial charge in [-0.05, 0) is 81.1 Å². The number of ketones is 2. The van der Waals surface area contributed by atoms with Crippen LogP contribution >= 0.6 is 0 Å². The van der Waals surface area contributed by atoms with Gasteiger partial charge in [0.1, 0.15) is 0 Å². The van der Waals surface area contributed by atoms with Gasteiger partial charge in [-0.1, -0.05) is 19.4 Å². The average molecular weight is 373 g/mol. The Morgan fingerprint density at radius 3 is 2.37 bits per heavy atom. The minimum absolute atomic E-state index is 0.00650. The fourth-order valence-corrected chi connectivity index (χ4v) is 7.62. The third-order valence-corrected chi connectivity index (χ3v) is 8.97. The number of Topliss-reactive ketones (excluding diaryl/α,β-unsaturated/α-hetero) is 1. The predicted octanol–water partition coefficient (Wildman–Crippen LogP) is 4.41. The first kappa shape index (κ1) is 18.9. The van der Waals surface area contributed by atoms with Crippen LogP contribution in [0.2, 0.25) is 0 Å². The lowest BCUT2D eigenvalue weighted by Gasteiger charge is -2.59. The largest absolute Gasteiger partial charge is 0.451 e. The summed E-state index contributed by atoms with van der Waals surface area (Å²) >= 11 is 0. The van der Waals surface area contributed by atoms with Crippen LogP contribution in [0.1, 0.15) is 79.1 Å². The van der Waals surface area contributed by atoms with Crippen molar-refractivity contribution >= 4 is 17.5 Å². The Morgan fingerprint density at radius 1 is 1.00 bits per heavy atom. The topological polar surface area (TPSA) is 60.4 Å². The maximum absolute atomic E-state index is 12.7. The van der Waals surface area contributed by atoms with E-state index in [-0.39, 0.29) is 28.4 Å². The Bertz CT molecular complexity index is 737. The highest BCUT2D eigenvalue weighted by atomic mass is 16.6. The summed E-state index contributed by atoms with van der Waals surface area (Å²) in [5.74, 6) is 1.48. The smallest absolute Gasteiger partial charge is 0.303 e. The molecule has 4 nitrogen and oxygen atoms in total. The molecule has 0 aromatic rings. The van der Waals surface area contributed by atoms with Crippen LogP contribution in [0.4, 0.5) is 0 Å². The summed E-state index contributed by atoms with van der Waals surface area (Å²) in [6, 6.07) is 0. The number of rotatable bonds is 2. The van der Waals surface area contributed by atoms with Crippen molar-refractivity contribution < 1.29 is 19.1 Å². The molecule has 4 aliphatic rings. The molecule has 4 heteroatoms. The van der Waals surface area contributed by atoms with E-state index in [0.717, 1.165) is 38.5 Å². The molecule has 148 valence electrons. The van der Waals surface area contributed by atoms with Gasteiger partial charge in [0.25, 0.3) is 0 Å². The van der Waals surface area contributed by atoms with E-state index < -0.39 is 5.60 Å². The molecule has 6 atom stereocenters. The van der Waals surface area contributed by atoms with Crippen molar-refractivity contribution in [3.63, 3.8) is 0 Å². The number of esters is 1. The summed E-state index contributed by atoms with van der Waals surface area (Å²) in [7, 11) is 0. The summed E-state index contributed by atoms with van der Waals surface area (Å²) in [5, 5.41) is 0. The summed E-state index contributed by atoms with van der Waals surface area (Å²) in [6.45, 7) is 7.58. The lowest BCUT2D eigenvalue weighted by atomic mass is 9.46. The van der Waals surface area contributed by atoms with Gasteiger partial charge in [-0.2, -0.15) is 0 Å². The van der Waals surface area contributed by atoms with E-state index in [1.54, 1.807) is 6.92 Å². The highest BCUT2D eigenvalue weighted by Gasteiger charge is 2.67. The molecule has 3 saturated carbocycles. The van der Waals surface area contributed by atoms with Crippen LogP contribution in [-0.2, 0) is 19.1 Å². The van der Waals surface area contributed by atoms with Crippen LogP contribution in [0, 0.1) is 28.6 Å². The first-order valence-corrected chi connectivity index (χ1v) is 10.6. The third-order valence-electron chi connectivity index (χ3n) is 8.97. The number of carbonyl (C=O) groups excluding carboxylic acids is 3. The molecule has 0 unspecified atom stereocenters. The lowest BCUT2D eigenvalue weighted by Crippen LogP contribution is -2.58. The molecule has 0 spiro atoms. The van der Waals surface area contributed by atoms with Gasteiger partial charge in [-0.3, -0.25) is 14.4 Å². The Morgan fingerprint density at radius 2 is 1.70 bits per heavy atom. The Kier molecular flexibility index (Phi) is 4.21. The number of hydrogen-bond acceptors (Lipinski definition) is 4. The standard InChI is InChI=1S/C23H32O4/c1-14(24)23(27-15(2)25)12-9-20-18-6-5-16-13-17(26)7-10-21(16,3)19(18)8-11-22(20,23)4/h13,18-20H,5-12H2,1-4H3/t18-,19-,20-,21+,22-,23+/m1/s1. The Balaban J connectivity index is 1.70. The van der Waals surface area contributed by atoms with E-state index >= 15 is 0 Å². The Labute approximate surface area is 162 Å². The van der Waals surface area contributed by atoms with Crippen LogP contribution in [0.5, 0.6) is 0 Å². The van der Waals surface area contributed by atoms with E-state index in [0.29, 0.717) is 30.6 Å². The van der Waals surface area contributed by atoms with Crippen LogP contribution in [-0.4, -0.2) is 23.1 Å². The average Bonchev–Trinajstić information content (AvgIpc) is 2.89. The number of hydrogen-bond donors (Lipinski definition) is 0. The van der Waals surface area contributed by atoms with Gasteiger partial charge in [0.2, 0.25) is 0 Å². The fraction of sp³-hybridized carbons (Fsp3) is 0.783. The van der Waals surface area contributed by atoms with Gasteiger partial charge in [0, 0.05) is 18.8 Å². The number of carbonyl (C=O) groups is 3. The number of allylic oxidation sites excluding steroid dienone is 1. The quantitative estimate of drug-likeness (QED) is 0.674. The van der Waals surface area contributed by atoms with Crippen LogP contribution < -0.4 is 0 Å². The van der Waals surface area contributed by atoms with Gasteiger partial charge in [-0.25, -0.2) is 0 Å². The molecule has 0 aromatic carbocycles. The second kappa shape index (κ2) is 6.02. The Hall–Kier alpha value is -1.45. The molecule has 0 bridgehead atoms. The van der Waals surface area contributed by atoms with Gasteiger partial charge in [0.15, 0.2) is 17.2 Å². The second-order valence-corrected chi connectivity index (χ2v) is 9.94. The highest BCUT2D eigenvalue weighted by Crippen LogP contribution is 2.68. The van der Waals surface area contributed by atoms with Crippen molar-refractivity contribution in [1.82, 2.24) is 0 Å². The van der Waals surface area contributed by atoms with E-state index in [9.17, 15) is 14.4 Å². The normalized spacial score (nSPS) is 46.0. The van der Waals surface area contributed by atoms with Crippen LogP contribution in [0.3, 0.4) is 0 Å². The summed E-state index contributed by atoms with van der Waals surface area (Å²) in [5.41, 5.74) is 0.266. The molecular formula is C23H32O4. The fourth-order valence-electron chi connectivity index (χ4n) is 7.62. The summed E-state index contributed by atoms with van der Waals surface area (Å²) in [6.07, 6.45) is 9.23. The molecule has 4 aliphatic carbocycles. The molecule has 0 aliphatic heterocycles. The van der Waals surface area contributed by atoms with E-state index in [1.807, 2.05) is 6.08 Å². The van der Waals surface area contributed by atoms with Crippen molar-refractivity contribution in [3.8, 4) is 0 Å². The van der Waals surface area contributed by atoms with E-state index in [1.165, 1.54) is 12.5 Å².